The average Bonchev–Trinajstić information content (AvgIpc) is 3.38. The van der Waals surface area contributed by atoms with Gasteiger partial charge < -0.3 is 9.42 Å². The van der Waals surface area contributed by atoms with Gasteiger partial charge in [-0.05, 0) is 44.6 Å². The fourth-order valence-corrected chi connectivity index (χ4v) is 3.38. The summed E-state index contributed by atoms with van der Waals surface area (Å²) in [5, 5.41) is 8.33. The van der Waals surface area contributed by atoms with Crippen molar-refractivity contribution >= 4 is 5.91 Å². The summed E-state index contributed by atoms with van der Waals surface area (Å²) in [5.41, 5.74) is 1.36. The number of hydrogen-bond acceptors (Lipinski definition) is 5. The number of likely N-dealkylation sites (tertiary alicyclic amines) is 1. The van der Waals surface area contributed by atoms with E-state index >= 15 is 0 Å². The predicted octanol–water partition coefficient (Wildman–Crippen LogP) is 1.97. The molecule has 2 aromatic heterocycles. The van der Waals surface area contributed by atoms with Crippen LogP contribution in [0.25, 0.3) is 0 Å². The molecule has 1 saturated carbocycles. The van der Waals surface area contributed by atoms with Gasteiger partial charge in [0, 0.05) is 37.7 Å². The predicted molar refractivity (Wildman–Crippen MR) is 90.3 cm³/mol. The van der Waals surface area contributed by atoms with Crippen LogP contribution in [0.2, 0.25) is 0 Å². The molecule has 1 aliphatic heterocycles. The van der Waals surface area contributed by atoms with Gasteiger partial charge in [0.05, 0.1) is 5.69 Å². The van der Waals surface area contributed by atoms with Crippen LogP contribution in [0.1, 0.15) is 53.5 Å². The monoisotopic (exact) mass is 342 g/mol. The largest absolute Gasteiger partial charge is 0.361 e. The minimum Gasteiger partial charge on any atom is -0.361 e. The molecule has 0 unspecified atom stereocenters. The molecule has 4 rings (SSSR count). The molecule has 7 heteroatoms. The fourth-order valence-electron chi connectivity index (χ4n) is 3.38. The van der Waals surface area contributed by atoms with Gasteiger partial charge in [-0.25, -0.2) is 4.68 Å². The number of amides is 1. The van der Waals surface area contributed by atoms with E-state index in [2.05, 4.69) is 10.3 Å². The van der Waals surface area contributed by atoms with Crippen molar-refractivity contribution in [3.63, 3.8) is 0 Å². The Hall–Kier alpha value is -2.44. The standard InChI is InChI=1S/C18H22N4O3/c1-12-10-16(20-25-12)18(24)21-8-6-13(7-9-21)11-22-17(23)5-4-15(19-22)14-2-3-14/h4-5,10,13-14H,2-3,6-9,11H2,1H3. The number of piperidine rings is 1. The number of aryl methyl sites for hydroxylation is 1. The molecule has 0 spiro atoms. The summed E-state index contributed by atoms with van der Waals surface area (Å²) in [6, 6.07) is 5.16. The second-order valence-electron chi connectivity index (χ2n) is 7.11. The van der Waals surface area contributed by atoms with E-state index in [1.807, 2.05) is 11.0 Å². The van der Waals surface area contributed by atoms with Crippen molar-refractivity contribution < 1.29 is 9.32 Å². The van der Waals surface area contributed by atoms with Crippen molar-refractivity contribution in [3.8, 4) is 0 Å². The fraction of sp³-hybridized carbons (Fsp3) is 0.556. The number of aromatic nitrogens is 3. The summed E-state index contributed by atoms with van der Waals surface area (Å²) in [6.07, 6.45) is 4.08. The molecule has 2 aromatic rings. The topological polar surface area (TPSA) is 81.2 Å². The second-order valence-corrected chi connectivity index (χ2v) is 7.11. The SMILES string of the molecule is Cc1cc(C(=O)N2CCC(Cn3nc(C4CC4)ccc3=O)CC2)no1. The van der Waals surface area contributed by atoms with E-state index in [1.54, 1.807) is 23.7 Å². The van der Waals surface area contributed by atoms with Gasteiger partial charge in [-0.1, -0.05) is 5.16 Å². The van der Waals surface area contributed by atoms with Crippen LogP contribution >= 0.6 is 0 Å². The lowest BCUT2D eigenvalue weighted by Gasteiger charge is -2.31. The Kier molecular flexibility index (Phi) is 4.15. The number of carbonyl (C=O) groups is 1. The molecule has 1 aliphatic carbocycles. The van der Waals surface area contributed by atoms with Gasteiger partial charge in [0.1, 0.15) is 5.76 Å². The number of nitrogens with zero attached hydrogens (tertiary/aromatic N) is 4. The molecule has 2 aliphatic rings. The normalized spacial score (nSPS) is 18.5. The van der Waals surface area contributed by atoms with Gasteiger partial charge >= 0.3 is 0 Å². The Morgan fingerprint density at radius 3 is 2.64 bits per heavy atom. The Balaban J connectivity index is 1.37. The zero-order chi connectivity index (χ0) is 17.4. The molecule has 0 bridgehead atoms. The molecule has 2 fully saturated rings. The first-order valence-corrected chi connectivity index (χ1v) is 8.91. The summed E-state index contributed by atoms with van der Waals surface area (Å²) < 4.78 is 6.59. The lowest BCUT2D eigenvalue weighted by atomic mass is 9.96. The van der Waals surface area contributed by atoms with Crippen LogP contribution in [0.4, 0.5) is 0 Å². The Morgan fingerprint density at radius 1 is 1.24 bits per heavy atom. The van der Waals surface area contributed by atoms with Crippen molar-refractivity contribution in [2.24, 2.45) is 5.92 Å². The van der Waals surface area contributed by atoms with Crippen LogP contribution in [0.15, 0.2) is 27.5 Å². The highest BCUT2D eigenvalue weighted by Gasteiger charge is 2.28. The quantitative estimate of drug-likeness (QED) is 0.848. The van der Waals surface area contributed by atoms with Crippen molar-refractivity contribution in [1.29, 1.82) is 0 Å². The zero-order valence-corrected chi connectivity index (χ0v) is 14.4. The lowest BCUT2D eigenvalue weighted by Crippen LogP contribution is -2.40. The van der Waals surface area contributed by atoms with E-state index in [-0.39, 0.29) is 11.5 Å². The van der Waals surface area contributed by atoms with Crippen LogP contribution in [-0.2, 0) is 6.54 Å². The molecular weight excluding hydrogens is 320 g/mol. The van der Waals surface area contributed by atoms with Gasteiger partial charge in [0.2, 0.25) is 0 Å². The third-order valence-corrected chi connectivity index (χ3v) is 5.06. The van der Waals surface area contributed by atoms with Gasteiger partial charge in [0.15, 0.2) is 5.69 Å². The summed E-state index contributed by atoms with van der Waals surface area (Å²) in [7, 11) is 0. The van der Waals surface area contributed by atoms with Crippen LogP contribution < -0.4 is 5.56 Å². The molecule has 132 valence electrons. The van der Waals surface area contributed by atoms with Crippen LogP contribution in [0.5, 0.6) is 0 Å². The third-order valence-electron chi connectivity index (χ3n) is 5.06. The number of carbonyl (C=O) groups excluding carboxylic acids is 1. The first kappa shape index (κ1) is 16.1. The molecule has 0 radical (unpaired) electrons. The highest BCUT2D eigenvalue weighted by atomic mass is 16.5. The summed E-state index contributed by atoms with van der Waals surface area (Å²) in [4.78, 5) is 26.3. The second kappa shape index (κ2) is 6.46. The molecule has 0 N–H and O–H groups in total. The first-order valence-electron chi connectivity index (χ1n) is 8.91. The molecule has 25 heavy (non-hydrogen) atoms. The van der Waals surface area contributed by atoms with E-state index < -0.39 is 0 Å². The smallest absolute Gasteiger partial charge is 0.276 e. The van der Waals surface area contributed by atoms with Crippen molar-refractivity contribution in [2.45, 2.75) is 45.1 Å². The molecule has 7 nitrogen and oxygen atoms in total. The molecule has 1 amide bonds. The maximum absolute atomic E-state index is 12.4. The van der Waals surface area contributed by atoms with Crippen LogP contribution in [0, 0.1) is 12.8 Å². The summed E-state index contributed by atoms with van der Waals surface area (Å²) in [6.45, 7) is 3.75. The van der Waals surface area contributed by atoms with Gasteiger partial charge in [-0.3, -0.25) is 9.59 Å². The minimum absolute atomic E-state index is 0.0408. The Bertz CT molecular complexity index is 829. The van der Waals surface area contributed by atoms with Gasteiger partial charge in [0.25, 0.3) is 11.5 Å². The van der Waals surface area contributed by atoms with Crippen LogP contribution in [0.3, 0.4) is 0 Å². The molecular formula is C18H22N4O3. The average molecular weight is 342 g/mol. The molecule has 3 heterocycles. The Labute approximate surface area is 145 Å². The van der Waals surface area contributed by atoms with Crippen molar-refractivity contribution in [1.82, 2.24) is 19.8 Å². The first-order chi connectivity index (χ1) is 12.1. The van der Waals surface area contributed by atoms with Crippen LogP contribution in [-0.4, -0.2) is 38.8 Å². The van der Waals surface area contributed by atoms with Gasteiger partial charge in [-0.15, -0.1) is 0 Å². The number of hydrogen-bond donors (Lipinski definition) is 0. The summed E-state index contributed by atoms with van der Waals surface area (Å²) in [5.74, 6) is 1.46. The lowest BCUT2D eigenvalue weighted by molar-refractivity contribution is 0.0670. The van der Waals surface area contributed by atoms with E-state index in [4.69, 9.17) is 4.52 Å². The maximum Gasteiger partial charge on any atom is 0.276 e. The van der Waals surface area contributed by atoms with E-state index in [0.717, 1.165) is 18.5 Å². The van der Waals surface area contributed by atoms with Crippen molar-refractivity contribution in [3.05, 3.63) is 45.7 Å². The molecule has 1 saturated heterocycles. The third kappa shape index (κ3) is 3.50. The maximum atomic E-state index is 12.4. The van der Waals surface area contributed by atoms with E-state index in [9.17, 15) is 9.59 Å². The highest BCUT2D eigenvalue weighted by molar-refractivity contribution is 5.92. The minimum atomic E-state index is -0.0821. The highest BCUT2D eigenvalue weighted by Crippen LogP contribution is 2.38. The van der Waals surface area contributed by atoms with E-state index in [0.29, 0.717) is 42.9 Å². The van der Waals surface area contributed by atoms with Crippen molar-refractivity contribution in [2.75, 3.05) is 13.1 Å². The molecule has 0 atom stereocenters. The Morgan fingerprint density at radius 2 is 2.00 bits per heavy atom. The summed E-state index contributed by atoms with van der Waals surface area (Å²) >= 11 is 0. The molecule has 0 aromatic carbocycles. The zero-order valence-electron chi connectivity index (χ0n) is 14.4. The van der Waals surface area contributed by atoms with Gasteiger partial charge in [-0.2, -0.15) is 5.10 Å². The van der Waals surface area contributed by atoms with E-state index in [1.165, 1.54) is 12.8 Å². The number of rotatable bonds is 4.